The lowest BCUT2D eigenvalue weighted by atomic mass is 10.0. The van der Waals surface area contributed by atoms with Gasteiger partial charge in [-0.05, 0) is 42.0 Å². The van der Waals surface area contributed by atoms with Crippen molar-refractivity contribution in [3.63, 3.8) is 0 Å². The summed E-state index contributed by atoms with van der Waals surface area (Å²) in [5.41, 5.74) is 1.75. The Kier molecular flexibility index (Phi) is 6.97. The predicted octanol–water partition coefficient (Wildman–Crippen LogP) is 6.00. The first-order valence-electron chi connectivity index (χ1n) is 11.2. The molecule has 3 aromatic carbocycles. The maximum Gasteiger partial charge on any atom is 0.258 e. The smallest absolute Gasteiger partial charge is 0.258 e. The minimum atomic E-state index is -1.26. The third kappa shape index (κ3) is 5.16. The molecule has 0 amide bonds. The summed E-state index contributed by atoms with van der Waals surface area (Å²) in [6.07, 6.45) is 3.19. The fourth-order valence-corrected chi connectivity index (χ4v) is 4.51. The zero-order valence-electron chi connectivity index (χ0n) is 19.1. The molecule has 35 heavy (non-hydrogen) atoms. The highest BCUT2D eigenvalue weighted by molar-refractivity contribution is 6.35. The number of hydrogen-bond donors (Lipinski definition) is 0. The fourth-order valence-electron chi connectivity index (χ4n) is 3.98. The van der Waals surface area contributed by atoms with Gasteiger partial charge < -0.3 is 23.5 Å². The summed E-state index contributed by atoms with van der Waals surface area (Å²) in [6, 6.07) is 22.8. The zero-order valence-corrected chi connectivity index (χ0v) is 20.6. The van der Waals surface area contributed by atoms with Gasteiger partial charge in [0.2, 0.25) is 0 Å². The van der Waals surface area contributed by atoms with Gasteiger partial charge in [0.15, 0.2) is 5.82 Å². The van der Waals surface area contributed by atoms with E-state index >= 15 is 0 Å². The van der Waals surface area contributed by atoms with Crippen molar-refractivity contribution in [2.75, 3.05) is 13.2 Å². The van der Waals surface area contributed by atoms with E-state index in [9.17, 15) is 0 Å². The number of hydrogen-bond acceptors (Lipinski definition) is 5. The number of nitrogens with zero attached hydrogens (tertiary/aromatic N) is 2. The lowest BCUT2D eigenvalue weighted by Crippen LogP contribution is -2.34. The molecule has 0 N–H and O–H groups in total. The molecule has 1 aromatic heterocycles. The molecule has 1 saturated heterocycles. The Morgan fingerprint density at radius 1 is 1.00 bits per heavy atom. The van der Waals surface area contributed by atoms with Gasteiger partial charge in [0.1, 0.15) is 30.8 Å². The molecule has 2 heterocycles. The normalized spacial score (nSPS) is 19.6. The second-order valence-corrected chi connectivity index (χ2v) is 9.05. The number of halogens is 2. The molecule has 1 aliphatic rings. The summed E-state index contributed by atoms with van der Waals surface area (Å²) < 4.78 is 26.3. The van der Waals surface area contributed by atoms with Crippen LogP contribution in [0.2, 0.25) is 10.0 Å². The Hall–Kier alpha value is -3.03. The van der Waals surface area contributed by atoms with Crippen molar-refractivity contribution in [1.82, 2.24) is 9.55 Å². The minimum Gasteiger partial charge on any atom is -0.491 e. The second kappa shape index (κ2) is 10.3. The van der Waals surface area contributed by atoms with Crippen LogP contribution in [-0.4, -0.2) is 28.9 Å². The van der Waals surface area contributed by atoms with Gasteiger partial charge in [-0.15, -0.1) is 0 Å². The van der Waals surface area contributed by atoms with Crippen LogP contribution in [0.3, 0.4) is 0 Å². The molecule has 0 radical (unpaired) electrons. The highest BCUT2D eigenvalue weighted by Crippen LogP contribution is 2.43. The molecule has 6 nitrogen and oxygen atoms in total. The van der Waals surface area contributed by atoms with E-state index in [4.69, 9.17) is 42.1 Å². The Bertz CT molecular complexity index is 1280. The van der Waals surface area contributed by atoms with Crippen molar-refractivity contribution in [2.45, 2.75) is 18.5 Å². The van der Waals surface area contributed by atoms with Gasteiger partial charge in [0.05, 0.1) is 11.6 Å². The van der Waals surface area contributed by atoms with E-state index < -0.39 is 5.79 Å². The molecule has 0 bridgehead atoms. The van der Waals surface area contributed by atoms with Crippen molar-refractivity contribution in [3.8, 4) is 11.5 Å². The first kappa shape index (κ1) is 23.7. The summed E-state index contributed by atoms with van der Waals surface area (Å²) in [6.45, 7) is 1.11. The molecule has 2 unspecified atom stereocenters. The van der Waals surface area contributed by atoms with Gasteiger partial charge >= 0.3 is 0 Å². The molecule has 1 aliphatic heterocycles. The van der Waals surface area contributed by atoms with Crippen molar-refractivity contribution in [2.24, 2.45) is 7.05 Å². The lowest BCUT2D eigenvalue weighted by molar-refractivity contribution is -0.153. The number of ether oxygens (including phenoxy) is 4. The van der Waals surface area contributed by atoms with Crippen LogP contribution >= 0.6 is 23.2 Å². The van der Waals surface area contributed by atoms with Crippen LogP contribution in [-0.2, 0) is 28.9 Å². The standard InChI is InChI=1S/C27H24Cl2N2O4/c1-31-14-13-30-26(31)27(24-12-7-20(28)15-25(24)29)34-18-23(35-27)17-33-22-10-8-21(9-11-22)32-16-19-5-3-2-4-6-19/h2-15,23H,16-18H2,1H3. The summed E-state index contributed by atoms with van der Waals surface area (Å²) in [5.74, 6) is 0.806. The third-order valence-electron chi connectivity index (χ3n) is 5.71. The van der Waals surface area contributed by atoms with Gasteiger partial charge in [0, 0.05) is 30.0 Å². The van der Waals surface area contributed by atoms with E-state index in [0.29, 0.717) is 47.0 Å². The van der Waals surface area contributed by atoms with E-state index in [1.54, 1.807) is 24.4 Å². The van der Waals surface area contributed by atoms with Gasteiger partial charge in [-0.25, -0.2) is 4.98 Å². The van der Waals surface area contributed by atoms with Gasteiger partial charge in [0.25, 0.3) is 5.79 Å². The molecule has 1 fully saturated rings. The Labute approximate surface area is 213 Å². The molecule has 2 atom stereocenters. The monoisotopic (exact) mass is 510 g/mol. The van der Waals surface area contributed by atoms with Gasteiger partial charge in [-0.1, -0.05) is 59.6 Å². The Morgan fingerprint density at radius 3 is 2.43 bits per heavy atom. The van der Waals surface area contributed by atoms with Crippen LogP contribution in [0.15, 0.2) is 85.2 Å². The van der Waals surface area contributed by atoms with Crippen LogP contribution in [0, 0.1) is 0 Å². The van der Waals surface area contributed by atoms with E-state index in [0.717, 1.165) is 11.3 Å². The molecule has 180 valence electrons. The molecule has 4 aromatic rings. The quantitative estimate of drug-likeness (QED) is 0.291. The average Bonchev–Trinajstić information content (AvgIpc) is 3.50. The van der Waals surface area contributed by atoms with Gasteiger partial charge in [-0.3, -0.25) is 0 Å². The predicted molar refractivity (Wildman–Crippen MR) is 134 cm³/mol. The van der Waals surface area contributed by atoms with E-state index in [1.807, 2.05) is 72.4 Å². The lowest BCUT2D eigenvalue weighted by Gasteiger charge is -2.28. The first-order chi connectivity index (χ1) is 17.0. The molecular weight excluding hydrogens is 487 g/mol. The maximum absolute atomic E-state index is 6.54. The van der Waals surface area contributed by atoms with Crippen LogP contribution in [0.4, 0.5) is 0 Å². The van der Waals surface area contributed by atoms with Crippen molar-refractivity contribution >= 4 is 23.2 Å². The topological polar surface area (TPSA) is 54.7 Å². The minimum absolute atomic E-state index is 0.293. The largest absolute Gasteiger partial charge is 0.491 e. The number of imidazole rings is 1. The Morgan fingerprint density at radius 2 is 1.74 bits per heavy atom. The van der Waals surface area contributed by atoms with E-state index in [-0.39, 0.29) is 6.10 Å². The second-order valence-electron chi connectivity index (χ2n) is 8.21. The Balaban J connectivity index is 1.25. The van der Waals surface area contributed by atoms with Crippen LogP contribution in [0.25, 0.3) is 0 Å². The highest BCUT2D eigenvalue weighted by atomic mass is 35.5. The highest BCUT2D eigenvalue weighted by Gasteiger charge is 2.49. The number of aromatic nitrogens is 2. The zero-order chi connectivity index (χ0) is 24.3. The summed E-state index contributed by atoms with van der Waals surface area (Å²) >= 11 is 12.7. The summed E-state index contributed by atoms with van der Waals surface area (Å²) in [7, 11) is 1.88. The molecular formula is C27H24Cl2N2O4. The van der Waals surface area contributed by atoms with Crippen LogP contribution in [0.1, 0.15) is 17.0 Å². The molecule has 5 rings (SSSR count). The van der Waals surface area contributed by atoms with E-state index in [2.05, 4.69) is 4.98 Å². The average molecular weight is 511 g/mol. The van der Waals surface area contributed by atoms with E-state index in [1.165, 1.54) is 0 Å². The molecule has 0 saturated carbocycles. The maximum atomic E-state index is 6.54. The van der Waals surface area contributed by atoms with Crippen molar-refractivity contribution < 1.29 is 18.9 Å². The third-order valence-corrected chi connectivity index (χ3v) is 6.26. The number of aryl methyl sites for hydroxylation is 1. The van der Waals surface area contributed by atoms with Gasteiger partial charge in [-0.2, -0.15) is 0 Å². The molecule has 8 heteroatoms. The molecule has 0 aliphatic carbocycles. The van der Waals surface area contributed by atoms with Crippen molar-refractivity contribution in [3.05, 3.63) is 112 Å². The fraction of sp³-hybridized carbons (Fsp3) is 0.222. The number of benzene rings is 3. The van der Waals surface area contributed by atoms with Crippen LogP contribution in [0.5, 0.6) is 11.5 Å². The summed E-state index contributed by atoms with van der Waals surface area (Å²) in [5, 5.41) is 0.968. The van der Waals surface area contributed by atoms with Crippen LogP contribution < -0.4 is 9.47 Å². The number of rotatable bonds is 8. The summed E-state index contributed by atoms with van der Waals surface area (Å²) in [4.78, 5) is 4.48. The molecule has 0 spiro atoms. The SMILES string of the molecule is Cn1ccnc1C1(c2ccc(Cl)cc2Cl)OCC(COc2ccc(OCc3ccccc3)cc2)O1. The first-order valence-corrected chi connectivity index (χ1v) is 11.9. The van der Waals surface area contributed by atoms with Crippen molar-refractivity contribution in [1.29, 1.82) is 0 Å².